The molecule has 0 aromatic carbocycles. The largest absolute Gasteiger partial charge is 0.319 e. The molecule has 19 heavy (non-hydrogen) atoms. The van der Waals surface area contributed by atoms with Gasteiger partial charge in [0, 0.05) is 7.05 Å². The van der Waals surface area contributed by atoms with E-state index in [1.54, 1.807) is 18.7 Å². The van der Waals surface area contributed by atoms with Crippen LogP contribution >= 0.6 is 11.6 Å². The maximum Gasteiger partial charge on any atom is 0.258 e. The third-order valence-electron chi connectivity index (χ3n) is 2.80. The molecule has 1 N–H and O–H groups in total. The molecule has 7 heteroatoms. The number of rotatable bonds is 2. The Morgan fingerprint density at radius 3 is 2.74 bits per heavy atom. The zero-order valence-corrected chi connectivity index (χ0v) is 11.4. The second kappa shape index (κ2) is 4.97. The fourth-order valence-corrected chi connectivity index (χ4v) is 1.91. The quantitative estimate of drug-likeness (QED) is 0.861. The molecule has 0 aliphatic carbocycles. The highest BCUT2D eigenvalue weighted by atomic mass is 35.5. The summed E-state index contributed by atoms with van der Waals surface area (Å²) in [4.78, 5) is 15.7. The van der Waals surface area contributed by atoms with Crippen LogP contribution in [0, 0.1) is 19.7 Å². The van der Waals surface area contributed by atoms with Crippen LogP contribution in [0.5, 0.6) is 0 Å². The van der Waals surface area contributed by atoms with E-state index < -0.39 is 11.7 Å². The summed E-state index contributed by atoms with van der Waals surface area (Å²) in [6.07, 6.45) is 0.958. The molecule has 0 aliphatic rings. The molecule has 1 amide bonds. The lowest BCUT2D eigenvalue weighted by Gasteiger charge is -2.06. The minimum absolute atomic E-state index is 0.00989. The number of nitrogens with zero attached hydrogens (tertiary/aromatic N) is 3. The van der Waals surface area contributed by atoms with E-state index in [0.717, 1.165) is 18.0 Å². The van der Waals surface area contributed by atoms with Crippen LogP contribution in [-0.4, -0.2) is 20.7 Å². The van der Waals surface area contributed by atoms with Crippen LogP contribution in [0.15, 0.2) is 12.3 Å². The molecule has 0 aliphatic heterocycles. The zero-order valence-electron chi connectivity index (χ0n) is 10.7. The lowest BCUT2D eigenvalue weighted by Crippen LogP contribution is -2.14. The number of carbonyl (C=O) groups excluding carboxylic acids is 1. The second-order valence-corrected chi connectivity index (χ2v) is 4.47. The summed E-state index contributed by atoms with van der Waals surface area (Å²) in [5.74, 6) is -1.13. The molecule has 0 spiro atoms. The van der Waals surface area contributed by atoms with Crippen molar-refractivity contribution in [1.82, 2.24) is 14.8 Å². The van der Waals surface area contributed by atoms with Crippen molar-refractivity contribution in [2.45, 2.75) is 13.8 Å². The smallest absolute Gasteiger partial charge is 0.258 e. The van der Waals surface area contributed by atoms with Crippen LogP contribution in [0.4, 0.5) is 10.1 Å². The van der Waals surface area contributed by atoms with E-state index in [4.69, 9.17) is 11.6 Å². The minimum atomic E-state index is -0.616. The number of carbonyl (C=O) groups is 1. The number of anilines is 1. The van der Waals surface area contributed by atoms with Crippen molar-refractivity contribution >= 4 is 23.2 Å². The molecule has 0 atom stereocenters. The minimum Gasteiger partial charge on any atom is -0.319 e. The SMILES string of the molecule is Cc1nn(C)c(C)c1NC(=O)c1cc(F)cnc1Cl. The molecular formula is C12H12ClFN4O. The van der Waals surface area contributed by atoms with Crippen LogP contribution in [-0.2, 0) is 7.05 Å². The number of hydrogen-bond donors (Lipinski definition) is 1. The molecule has 0 bridgehead atoms. The fourth-order valence-electron chi connectivity index (χ4n) is 1.72. The fraction of sp³-hybridized carbons (Fsp3) is 0.250. The Hall–Kier alpha value is -1.95. The van der Waals surface area contributed by atoms with Gasteiger partial charge >= 0.3 is 0 Å². The summed E-state index contributed by atoms with van der Waals surface area (Å²) >= 11 is 5.78. The van der Waals surface area contributed by atoms with E-state index in [-0.39, 0.29) is 10.7 Å². The Kier molecular flexibility index (Phi) is 3.53. The average Bonchev–Trinajstić information content (AvgIpc) is 2.59. The first-order valence-electron chi connectivity index (χ1n) is 5.52. The topological polar surface area (TPSA) is 59.8 Å². The monoisotopic (exact) mass is 282 g/mol. The van der Waals surface area contributed by atoms with Gasteiger partial charge in [-0.1, -0.05) is 11.6 Å². The van der Waals surface area contributed by atoms with Crippen molar-refractivity contribution in [2.24, 2.45) is 7.05 Å². The van der Waals surface area contributed by atoms with Crippen molar-refractivity contribution in [3.05, 3.63) is 40.2 Å². The normalized spacial score (nSPS) is 10.6. The predicted octanol–water partition coefficient (Wildman–Crippen LogP) is 2.48. The van der Waals surface area contributed by atoms with Crippen molar-refractivity contribution < 1.29 is 9.18 Å². The molecule has 0 unspecified atom stereocenters. The maximum absolute atomic E-state index is 13.1. The Morgan fingerprint density at radius 1 is 1.47 bits per heavy atom. The Labute approximate surface area is 114 Å². The van der Waals surface area contributed by atoms with E-state index in [2.05, 4.69) is 15.4 Å². The highest BCUT2D eigenvalue weighted by Gasteiger charge is 2.17. The van der Waals surface area contributed by atoms with Gasteiger partial charge in [0.15, 0.2) is 0 Å². The Bertz CT molecular complexity index is 653. The van der Waals surface area contributed by atoms with Crippen molar-refractivity contribution in [3.8, 4) is 0 Å². The van der Waals surface area contributed by atoms with Crippen LogP contribution in [0.1, 0.15) is 21.7 Å². The number of nitrogens with one attached hydrogen (secondary N) is 1. The van der Waals surface area contributed by atoms with Gasteiger partial charge in [-0.3, -0.25) is 9.48 Å². The van der Waals surface area contributed by atoms with E-state index in [1.807, 2.05) is 6.92 Å². The third-order valence-corrected chi connectivity index (χ3v) is 3.10. The van der Waals surface area contributed by atoms with E-state index in [9.17, 15) is 9.18 Å². The highest BCUT2D eigenvalue weighted by Crippen LogP contribution is 2.21. The molecule has 0 saturated carbocycles. The lowest BCUT2D eigenvalue weighted by atomic mass is 10.2. The van der Waals surface area contributed by atoms with Crippen LogP contribution in [0.2, 0.25) is 5.15 Å². The van der Waals surface area contributed by atoms with Gasteiger partial charge < -0.3 is 5.32 Å². The van der Waals surface area contributed by atoms with E-state index in [1.165, 1.54) is 0 Å². The van der Waals surface area contributed by atoms with Crippen molar-refractivity contribution in [2.75, 3.05) is 5.32 Å². The van der Waals surface area contributed by atoms with Crippen molar-refractivity contribution in [1.29, 1.82) is 0 Å². The number of halogens is 2. The van der Waals surface area contributed by atoms with Gasteiger partial charge in [0.1, 0.15) is 11.0 Å². The molecular weight excluding hydrogens is 271 g/mol. The highest BCUT2D eigenvalue weighted by molar-refractivity contribution is 6.33. The number of aryl methyl sites for hydroxylation is 2. The van der Waals surface area contributed by atoms with Gasteiger partial charge in [0.2, 0.25) is 0 Å². The lowest BCUT2D eigenvalue weighted by molar-refractivity contribution is 0.102. The van der Waals surface area contributed by atoms with Gasteiger partial charge in [0.05, 0.1) is 28.8 Å². The standard InChI is InChI=1S/C12H12ClFN4O/c1-6-10(7(2)18(3)17-6)16-12(19)9-4-8(14)5-15-11(9)13/h4-5H,1-3H3,(H,16,19). The van der Waals surface area contributed by atoms with Crippen LogP contribution < -0.4 is 5.32 Å². The molecule has 100 valence electrons. The summed E-state index contributed by atoms with van der Waals surface area (Å²) in [7, 11) is 1.77. The molecule has 2 heterocycles. The summed E-state index contributed by atoms with van der Waals surface area (Å²) in [5, 5.41) is 6.80. The zero-order chi connectivity index (χ0) is 14.2. The molecule has 5 nitrogen and oxygen atoms in total. The van der Waals surface area contributed by atoms with E-state index >= 15 is 0 Å². The van der Waals surface area contributed by atoms with Gasteiger partial charge in [-0.2, -0.15) is 5.10 Å². The number of hydrogen-bond acceptors (Lipinski definition) is 3. The van der Waals surface area contributed by atoms with E-state index in [0.29, 0.717) is 11.4 Å². The molecule has 0 fully saturated rings. The van der Waals surface area contributed by atoms with Gasteiger partial charge in [-0.25, -0.2) is 9.37 Å². The van der Waals surface area contributed by atoms with Crippen LogP contribution in [0.25, 0.3) is 0 Å². The van der Waals surface area contributed by atoms with Gasteiger partial charge in [0.25, 0.3) is 5.91 Å². The van der Waals surface area contributed by atoms with Crippen molar-refractivity contribution in [3.63, 3.8) is 0 Å². The summed E-state index contributed by atoms with van der Waals surface area (Å²) in [5.41, 5.74) is 2.05. The summed E-state index contributed by atoms with van der Waals surface area (Å²) < 4.78 is 14.7. The number of aromatic nitrogens is 3. The summed E-state index contributed by atoms with van der Waals surface area (Å²) in [6.45, 7) is 3.59. The Balaban J connectivity index is 2.33. The molecule has 2 aromatic heterocycles. The van der Waals surface area contributed by atoms with Gasteiger partial charge in [-0.05, 0) is 19.9 Å². The first-order valence-corrected chi connectivity index (χ1v) is 5.90. The number of amides is 1. The number of pyridine rings is 1. The molecule has 0 radical (unpaired) electrons. The van der Waals surface area contributed by atoms with Crippen LogP contribution in [0.3, 0.4) is 0 Å². The molecule has 2 rings (SSSR count). The first-order chi connectivity index (χ1) is 8.90. The second-order valence-electron chi connectivity index (χ2n) is 4.12. The average molecular weight is 283 g/mol. The molecule has 0 saturated heterocycles. The predicted molar refractivity (Wildman–Crippen MR) is 69.8 cm³/mol. The Morgan fingerprint density at radius 2 is 2.16 bits per heavy atom. The maximum atomic E-state index is 13.1. The molecule has 2 aromatic rings. The van der Waals surface area contributed by atoms with Gasteiger partial charge in [-0.15, -0.1) is 0 Å². The first kappa shape index (κ1) is 13.5. The third kappa shape index (κ3) is 2.58. The summed E-state index contributed by atoms with van der Waals surface area (Å²) in [6, 6.07) is 1.05.